The van der Waals surface area contributed by atoms with E-state index in [2.05, 4.69) is 15.7 Å². The highest BCUT2D eigenvalue weighted by Crippen LogP contribution is 2.23. The molecule has 0 unspecified atom stereocenters. The molecule has 0 aromatic carbocycles. The van der Waals surface area contributed by atoms with Crippen LogP contribution in [0.15, 0.2) is 10.7 Å². The van der Waals surface area contributed by atoms with Crippen LogP contribution < -0.4 is 5.32 Å². The largest absolute Gasteiger partial charge is 0.342 e. The first-order valence-corrected chi connectivity index (χ1v) is 3.95. The maximum absolute atomic E-state index is 4.98. The van der Waals surface area contributed by atoms with E-state index in [1.807, 2.05) is 0 Å². The van der Waals surface area contributed by atoms with Crippen LogP contribution in [0.5, 0.6) is 0 Å². The summed E-state index contributed by atoms with van der Waals surface area (Å²) in [5.74, 6) is 1.47. The molecule has 0 atom stereocenters. The van der Waals surface area contributed by atoms with Crippen LogP contribution in [0.2, 0.25) is 0 Å². The van der Waals surface area contributed by atoms with Gasteiger partial charge in [-0.15, -0.1) is 5.10 Å². The van der Waals surface area contributed by atoms with Gasteiger partial charge in [0.2, 0.25) is 0 Å². The SMILES string of the molecule is c1nnoc1C1CCNCC1. The van der Waals surface area contributed by atoms with E-state index in [0.29, 0.717) is 5.92 Å². The summed E-state index contributed by atoms with van der Waals surface area (Å²) >= 11 is 0. The van der Waals surface area contributed by atoms with Gasteiger partial charge < -0.3 is 9.84 Å². The zero-order valence-corrected chi connectivity index (χ0v) is 6.29. The van der Waals surface area contributed by atoms with Gasteiger partial charge in [-0.1, -0.05) is 0 Å². The number of piperidine rings is 1. The second-order valence-corrected chi connectivity index (χ2v) is 2.84. The lowest BCUT2D eigenvalue weighted by Gasteiger charge is -2.19. The molecule has 0 bridgehead atoms. The maximum Gasteiger partial charge on any atom is 0.160 e. The number of hydrogen-bond donors (Lipinski definition) is 1. The third-order valence-corrected chi connectivity index (χ3v) is 2.12. The molecule has 1 N–H and O–H groups in total. The fourth-order valence-electron chi connectivity index (χ4n) is 1.46. The van der Waals surface area contributed by atoms with Crippen molar-refractivity contribution in [1.82, 2.24) is 15.7 Å². The van der Waals surface area contributed by atoms with Crippen LogP contribution >= 0.6 is 0 Å². The Bertz CT molecular complexity index is 203. The summed E-state index contributed by atoms with van der Waals surface area (Å²) in [5.41, 5.74) is 0. The molecule has 1 saturated heterocycles. The zero-order valence-electron chi connectivity index (χ0n) is 6.29. The van der Waals surface area contributed by atoms with Crippen LogP contribution in [0.1, 0.15) is 24.5 Å². The Kier molecular flexibility index (Phi) is 1.85. The molecule has 0 radical (unpaired) electrons. The second-order valence-electron chi connectivity index (χ2n) is 2.84. The molecule has 4 nitrogen and oxygen atoms in total. The van der Waals surface area contributed by atoms with E-state index in [1.165, 1.54) is 0 Å². The Labute approximate surface area is 65.0 Å². The third-order valence-electron chi connectivity index (χ3n) is 2.12. The lowest BCUT2D eigenvalue weighted by molar-refractivity contribution is 0.316. The van der Waals surface area contributed by atoms with Crippen molar-refractivity contribution in [3.8, 4) is 0 Å². The topological polar surface area (TPSA) is 51.0 Å². The highest BCUT2D eigenvalue weighted by Gasteiger charge is 2.18. The predicted octanol–water partition coefficient (Wildman–Crippen LogP) is 0.537. The number of nitrogens with zero attached hydrogens (tertiary/aromatic N) is 2. The molecule has 2 rings (SSSR count). The average Bonchev–Trinajstić information content (AvgIpc) is 2.58. The first-order valence-electron chi connectivity index (χ1n) is 3.95. The molecule has 1 aliphatic rings. The van der Waals surface area contributed by atoms with Gasteiger partial charge in [0.15, 0.2) is 5.76 Å². The Morgan fingerprint density at radius 2 is 2.27 bits per heavy atom. The highest BCUT2D eigenvalue weighted by molar-refractivity contribution is 4.98. The fourth-order valence-corrected chi connectivity index (χ4v) is 1.46. The number of nitrogens with one attached hydrogen (secondary N) is 1. The standard InChI is InChI=1S/C7H11N3O/c1-3-8-4-2-6(1)7-5-9-10-11-7/h5-6,8H,1-4H2. The average molecular weight is 153 g/mol. The molecule has 60 valence electrons. The first kappa shape index (κ1) is 6.79. The molecule has 11 heavy (non-hydrogen) atoms. The van der Waals surface area contributed by atoms with Gasteiger partial charge in [-0.05, 0) is 25.9 Å². The number of aromatic nitrogens is 2. The molecule has 0 spiro atoms. The fraction of sp³-hybridized carbons (Fsp3) is 0.714. The van der Waals surface area contributed by atoms with Crippen molar-refractivity contribution in [2.24, 2.45) is 0 Å². The lowest BCUT2D eigenvalue weighted by Crippen LogP contribution is -2.26. The summed E-state index contributed by atoms with van der Waals surface area (Å²) in [7, 11) is 0. The monoisotopic (exact) mass is 153 g/mol. The van der Waals surface area contributed by atoms with Crippen LogP contribution in [0.25, 0.3) is 0 Å². The Morgan fingerprint density at radius 1 is 1.45 bits per heavy atom. The third kappa shape index (κ3) is 1.40. The van der Waals surface area contributed by atoms with Crippen LogP contribution in [0.3, 0.4) is 0 Å². The van der Waals surface area contributed by atoms with E-state index in [0.717, 1.165) is 31.7 Å². The maximum atomic E-state index is 4.98. The molecule has 2 heterocycles. The van der Waals surface area contributed by atoms with Gasteiger partial charge >= 0.3 is 0 Å². The molecule has 4 heteroatoms. The van der Waals surface area contributed by atoms with Crippen molar-refractivity contribution in [2.75, 3.05) is 13.1 Å². The quantitative estimate of drug-likeness (QED) is 0.639. The second kappa shape index (κ2) is 3.00. The molecule has 1 aromatic heterocycles. The van der Waals surface area contributed by atoms with Gasteiger partial charge in [-0.25, -0.2) is 0 Å². The van der Waals surface area contributed by atoms with Crippen molar-refractivity contribution in [2.45, 2.75) is 18.8 Å². The Hall–Kier alpha value is -0.900. The Morgan fingerprint density at radius 3 is 2.91 bits per heavy atom. The van der Waals surface area contributed by atoms with Crippen LogP contribution in [-0.2, 0) is 0 Å². The normalized spacial score (nSPS) is 20.4. The summed E-state index contributed by atoms with van der Waals surface area (Å²) in [6.07, 6.45) is 3.99. The molecule has 1 fully saturated rings. The predicted molar refractivity (Wildman–Crippen MR) is 39.1 cm³/mol. The molecule has 0 aliphatic carbocycles. The van der Waals surface area contributed by atoms with Crippen molar-refractivity contribution >= 4 is 0 Å². The molecular formula is C7H11N3O. The van der Waals surface area contributed by atoms with E-state index in [9.17, 15) is 0 Å². The Balaban J connectivity index is 2.04. The van der Waals surface area contributed by atoms with Gasteiger partial charge in [-0.3, -0.25) is 0 Å². The van der Waals surface area contributed by atoms with Gasteiger partial charge in [-0.2, -0.15) is 0 Å². The lowest BCUT2D eigenvalue weighted by atomic mass is 9.96. The minimum Gasteiger partial charge on any atom is -0.342 e. The molecular weight excluding hydrogens is 142 g/mol. The van der Waals surface area contributed by atoms with Gasteiger partial charge in [0, 0.05) is 11.2 Å². The number of rotatable bonds is 1. The van der Waals surface area contributed by atoms with Crippen molar-refractivity contribution < 1.29 is 4.52 Å². The molecule has 1 aliphatic heterocycles. The highest BCUT2D eigenvalue weighted by atomic mass is 16.5. The van der Waals surface area contributed by atoms with Crippen molar-refractivity contribution in [3.05, 3.63) is 12.0 Å². The van der Waals surface area contributed by atoms with Gasteiger partial charge in [0.1, 0.15) is 0 Å². The van der Waals surface area contributed by atoms with Crippen LogP contribution in [0, 0.1) is 0 Å². The summed E-state index contributed by atoms with van der Waals surface area (Å²) in [6, 6.07) is 0. The minimum atomic E-state index is 0.534. The van der Waals surface area contributed by atoms with Gasteiger partial charge in [0.05, 0.1) is 6.20 Å². The van der Waals surface area contributed by atoms with Crippen molar-refractivity contribution in [1.29, 1.82) is 0 Å². The molecule has 0 saturated carbocycles. The molecule has 0 amide bonds. The van der Waals surface area contributed by atoms with Gasteiger partial charge in [0.25, 0.3) is 0 Å². The van der Waals surface area contributed by atoms with E-state index in [-0.39, 0.29) is 0 Å². The summed E-state index contributed by atoms with van der Waals surface area (Å²) in [4.78, 5) is 0. The summed E-state index contributed by atoms with van der Waals surface area (Å²) < 4.78 is 4.98. The van der Waals surface area contributed by atoms with E-state index >= 15 is 0 Å². The van der Waals surface area contributed by atoms with E-state index in [4.69, 9.17) is 4.52 Å². The van der Waals surface area contributed by atoms with Crippen LogP contribution in [0.4, 0.5) is 0 Å². The smallest absolute Gasteiger partial charge is 0.160 e. The minimum absolute atomic E-state index is 0.534. The molecule has 1 aromatic rings. The van der Waals surface area contributed by atoms with E-state index < -0.39 is 0 Å². The first-order chi connectivity index (χ1) is 5.47. The van der Waals surface area contributed by atoms with Crippen molar-refractivity contribution in [3.63, 3.8) is 0 Å². The van der Waals surface area contributed by atoms with E-state index in [1.54, 1.807) is 6.20 Å². The zero-order chi connectivity index (χ0) is 7.52. The summed E-state index contributed by atoms with van der Waals surface area (Å²) in [5, 5.41) is 10.4. The summed E-state index contributed by atoms with van der Waals surface area (Å²) in [6.45, 7) is 2.15. The van der Waals surface area contributed by atoms with Crippen LogP contribution in [-0.4, -0.2) is 23.5 Å². The number of hydrogen-bond acceptors (Lipinski definition) is 4.